The molecule has 198 valence electrons. The Balaban J connectivity index is 0.000000375. The molecular weight excluding hydrogens is 511 g/mol. The molecule has 0 aliphatic rings. The van der Waals surface area contributed by atoms with E-state index in [0.717, 1.165) is 24.3 Å². The maximum Gasteiger partial charge on any atom is 0.416 e. The van der Waals surface area contributed by atoms with Crippen molar-refractivity contribution in [3.63, 3.8) is 0 Å². The highest BCUT2D eigenvalue weighted by atomic mass is 19.4. The Labute approximate surface area is 213 Å². The van der Waals surface area contributed by atoms with Crippen molar-refractivity contribution >= 4 is 11.6 Å². The van der Waals surface area contributed by atoms with Gasteiger partial charge in [-0.05, 0) is 85.6 Å². The molecule has 0 aliphatic heterocycles. The number of aromatic amines is 1. The zero-order valence-corrected chi connectivity index (χ0v) is 20.0. The van der Waals surface area contributed by atoms with Crippen molar-refractivity contribution in [1.82, 2.24) is 4.98 Å². The molecule has 4 rings (SSSR count). The molecule has 0 spiro atoms. The van der Waals surface area contributed by atoms with Crippen LogP contribution in [0.5, 0.6) is 17.2 Å². The van der Waals surface area contributed by atoms with Crippen LogP contribution in [-0.4, -0.2) is 16.0 Å². The van der Waals surface area contributed by atoms with Crippen LogP contribution in [0.25, 0.3) is 0 Å². The summed E-state index contributed by atoms with van der Waals surface area (Å²) in [6.07, 6.45) is -3.40. The van der Waals surface area contributed by atoms with Gasteiger partial charge in [0.05, 0.1) is 11.1 Å². The van der Waals surface area contributed by atoms with Gasteiger partial charge in [-0.3, -0.25) is 9.59 Å². The first-order valence-corrected chi connectivity index (χ1v) is 10.9. The van der Waals surface area contributed by atoms with Crippen molar-refractivity contribution in [1.29, 1.82) is 0 Å². The number of carbonyl (C=O) groups excluding carboxylic acids is 1. The number of aromatic nitrogens is 1. The smallest absolute Gasteiger partial charge is 0.416 e. The first-order chi connectivity index (χ1) is 17.8. The SMILES string of the molecule is Cc1cc(F)ccc1O.Cc1cc(F)ccc1Oc1ccc(C(F)(F)F)cc1C(=O)Nc1cc[nH]c(=O)c1. The van der Waals surface area contributed by atoms with Crippen molar-refractivity contribution in [3.8, 4) is 17.2 Å². The molecule has 0 bridgehead atoms. The van der Waals surface area contributed by atoms with Crippen molar-refractivity contribution in [2.45, 2.75) is 20.0 Å². The second-order valence-electron chi connectivity index (χ2n) is 8.05. The summed E-state index contributed by atoms with van der Waals surface area (Å²) in [5.41, 5.74) is -0.883. The minimum absolute atomic E-state index is 0.0973. The lowest BCUT2D eigenvalue weighted by Gasteiger charge is -2.15. The number of nitrogens with one attached hydrogen (secondary N) is 2. The molecule has 1 heterocycles. The van der Waals surface area contributed by atoms with E-state index in [1.54, 1.807) is 13.8 Å². The number of amides is 1. The number of halogens is 5. The number of phenolic OH excluding ortho intramolecular Hbond substituents is 1. The molecule has 3 N–H and O–H groups in total. The molecule has 0 atom stereocenters. The number of carbonyl (C=O) groups is 1. The van der Waals surface area contributed by atoms with Crippen LogP contribution in [-0.2, 0) is 6.18 Å². The maximum absolute atomic E-state index is 13.3. The molecule has 0 unspecified atom stereocenters. The standard InChI is InChI=1S/C20H14F4N2O3.C7H7FO/c1-11-8-13(21)3-5-16(11)29-17-4-2-12(20(22,23)24)9-15(17)19(28)26-14-6-7-25-18(27)10-14;1-5-4-6(8)2-3-7(5)9/h2-10H,1H3,(H2,25,26,27,28);2-4,9H,1H3. The third-order valence-corrected chi connectivity index (χ3v) is 5.10. The Morgan fingerprint density at radius 2 is 1.50 bits per heavy atom. The first-order valence-electron chi connectivity index (χ1n) is 10.9. The highest BCUT2D eigenvalue weighted by Gasteiger charge is 2.32. The molecule has 3 aromatic carbocycles. The molecule has 6 nitrogen and oxygen atoms in total. The fourth-order valence-electron chi connectivity index (χ4n) is 3.16. The third-order valence-electron chi connectivity index (χ3n) is 5.10. The average molecular weight is 532 g/mol. The van der Waals surface area contributed by atoms with Gasteiger partial charge in [-0.25, -0.2) is 8.78 Å². The Bertz CT molecular complexity index is 1520. The van der Waals surface area contributed by atoms with Crippen molar-refractivity contribution in [3.05, 3.63) is 117 Å². The molecule has 0 radical (unpaired) electrons. The van der Waals surface area contributed by atoms with E-state index in [1.165, 1.54) is 42.6 Å². The number of pyridine rings is 1. The summed E-state index contributed by atoms with van der Waals surface area (Å²) in [4.78, 5) is 26.3. The van der Waals surface area contributed by atoms with Gasteiger partial charge in [0.1, 0.15) is 28.9 Å². The molecular formula is C27H21F5N2O4. The van der Waals surface area contributed by atoms with Crippen molar-refractivity contribution < 1.29 is 36.6 Å². The topological polar surface area (TPSA) is 91.4 Å². The highest BCUT2D eigenvalue weighted by Crippen LogP contribution is 2.35. The van der Waals surface area contributed by atoms with Crippen LogP contribution < -0.4 is 15.6 Å². The van der Waals surface area contributed by atoms with Crippen LogP contribution in [0, 0.1) is 25.5 Å². The van der Waals surface area contributed by atoms with E-state index in [1.807, 2.05) is 0 Å². The van der Waals surface area contributed by atoms with Gasteiger partial charge in [-0.2, -0.15) is 13.2 Å². The molecule has 1 aromatic heterocycles. The van der Waals surface area contributed by atoms with E-state index in [9.17, 15) is 31.5 Å². The summed E-state index contributed by atoms with van der Waals surface area (Å²) in [6.45, 7) is 3.21. The van der Waals surface area contributed by atoms with Crippen LogP contribution in [0.2, 0.25) is 0 Å². The molecule has 0 aliphatic carbocycles. The quantitative estimate of drug-likeness (QED) is 0.254. The van der Waals surface area contributed by atoms with Crippen LogP contribution in [0.3, 0.4) is 0 Å². The van der Waals surface area contributed by atoms with E-state index >= 15 is 0 Å². The van der Waals surface area contributed by atoms with E-state index in [2.05, 4.69) is 10.3 Å². The van der Waals surface area contributed by atoms with Crippen LogP contribution in [0.1, 0.15) is 27.0 Å². The van der Waals surface area contributed by atoms with E-state index in [4.69, 9.17) is 9.84 Å². The number of benzene rings is 3. The highest BCUT2D eigenvalue weighted by molar-refractivity contribution is 6.06. The number of ether oxygens (including phenoxy) is 1. The molecule has 0 saturated carbocycles. The summed E-state index contributed by atoms with van der Waals surface area (Å²) in [5.74, 6) is -1.57. The number of hydrogen-bond acceptors (Lipinski definition) is 4. The normalized spacial score (nSPS) is 10.8. The fraction of sp³-hybridized carbons (Fsp3) is 0.111. The number of rotatable bonds is 4. The van der Waals surface area contributed by atoms with Gasteiger partial charge in [-0.1, -0.05) is 0 Å². The summed E-state index contributed by atoms with van der Waals surface area (Å²) in [6, 6.07) is 12.4. The maximum atomic E-state index is 13.3. The monoisotopic (exact) mass is 532 g/mol. The minimum Gasteiger partial charge on any atom is -0.508 e. The largest absolute Gasteiger partial charge is 0.508 e. The van der Waals surface area contributed by atoms with Crippen molar-refractivity contribution in [2.75, 3.05) is 5.32 Å². The average Bonchev–Trinajstić information content (AvgIpc) is 2.83. The van der Waals surface area contributed by atoms with Gasteiger partial charge in [0.25, 0.3) is 5.91 Å². The summed E-state index contributed by atoms with van der Waals surface area (Å²) in [5, 5.41) is 11.2. The Morgan fingerprint density at radius 1 is 0.868 bits per heavy atom. The Morgan fingerprint density at radius 3 is 2.08 bits per heavy atom. The van der Waals surface area contributed by atoms with Gasteiger partial charge in [-0.15, -0.1) is 0 Å². The van der Waals surface area contributed by atoms with Gasteiger partial charge in [0.2, 0.25) is 5.56 Å². The Hall–Kier alpha value is -4.67. The van der Waals surface area contributed by atoms with Gasteiger partial charge < -0.3 is 20.1 Å². The number of aryl methyl sites for hydroxylation is 2. The van der Waals surface area contributed by atoms with E-state index < -0.39 is 34.6 Å². The zero-order chi connectivity index (χ0) is 28.0. The molecule has 4 aromatic rings. The summed E-state index contributed by atoms with van der Waals surface area (Å²) >= 11 is 0. The van der Waals surface area contributed by atoms with Crippen LogP contribution in [0.15, 0.2) is 77.7 Å². The lowest BCUT2D eigenvalue weighted by Crippen LogP contribution is -2.16. The second-order valence-corrected chi connectivity index (χ2v) is 8.05. The molecule has 11 heteroatoms. The summed E-state index contributed by atoms with van der Waals surface area (Å²) in [7, 11) is 0. The lowest BCUT2D eigenvalue weighted by atomic mass is 10.1. The zero-order valence-electron chi connectivity index (χ0n) is 20.0. The van der Waals surface area contributed by atoms with Gasteiger partial charge in [0, 0.05) is 18.0 Å². The molecule has 1 amide bonds. The number of anilines is 1. The predicted octanol–water partition coefficient (Wildman–Crippen LogP) is 6.73. The lowest BCUT2D eigenvalue weighted by molar-refractivity contribution is -0.137. The first kappa shape index (κ1) is 27.9. The Kier molecular flexibility index (Phi) is 8.51. The molecule has 38 heavy (non-hydrogen) atoms. The number of aromatic hydroxyl groups is 1. The van der Waals surface area contributed by atoms with Gasteiger partial charge in [0.15, 0.2) is 0 Å². The molecule has 0 saturated heterocycles. The van der Waals surface area contributed by atoms with Crippen molar-refractivity contribution in [2.24, 2.45) is 0 Å². The predicted molar refractivity (Wildman–Crippen MR) is 130 cm³/mol. The molecule has 0 fully saturated rings. The van der Waals surface area contributed by atoms with Crippen LogP contribution in [0.4, 0.5) is 27.6 Å². The minimum atomic E-state index is -4.68. The van der Waals surface area contributed by atoms with Gasteiger partial charge >= 0.3 is 6.18 Å². The van der Waals surface area contributed by atoms with E-state index in [0.29, 0.717) is 17.2 Å². The summed E-state index contributed by atoms with van der Waals surface area (Å²) < 4.78 is 70.5. The number of alkyl halides is 3. The number of hydrogen-bond donors (Lipinski definition) is 3. The number of phenols is 1. The fourth-order valence-corrected chi connectivity index (χ4v) is 3.16. The van der Waals surface area contributed by atoms with E-state index in [-0.39, 0.29) is 28.8 Å². The second kappa shape index (κ2) is 11.6. The third kappa shape index (κ3) is 7.42. The number of H-pyrrole nitrogens is 1. The van der Waals surface area contributed by atoms with Crippen LogP contribution >= 0.6 is 0 Å².